The van der Waals surface area contributed by atoms with Gasteiger partial charge in [-0.3, -0.25) is 15.2 Å². The zero-order valence-corrected chi connectivity index (χ0v) is 24.3. The average molecular weight is 566 g/mol. The monoisotopic (exact) mass is 565 g/mol. The number of nitrogens with one attached hydrogen (secondary N) is 2. The van der Waals surface area contributed by atoms with Crippen LogP contribution < -0.4 is 20.2 Å². The molecule has 1 fully saturated rings. The summed E-state index contributed by atoms with van der Waals surface area (Å²) in [6.45, 7) is 10.8. The third-order valence-electron chi connectivity index (χ3n) is 7.92. The maximum Gasteiger partial charge on any atom is 0.257 e. The van der Waals surface area contributed by atoms with Gasteiger partial charge in [0, 0.05) is 69.3 Å². The van der Waals surface area contributed by atoms with Crippen molar-refractivity contribution in [2.75, 3.05) is 26.2 Å². The molecule has 1 saturated heterocycles. The molecule has 0 radical (unpaired) electrons. The van der Waals surface area contributed by atoms with Crippen molar-refractivity contribution in [1.29, 1.82) is 0 Å². The Balaban J connectivity index is 1.27. The first-order chi connectivity index (χ1) is 19.9. The van der Waals surface area contributed by atoms with Crippen LogP contribution >= 0.6 is 0 Å². The Kier molecular flexibility index (Phi) is 9.02. The van der Waals surface area contributed by atoms with Crippen LogP contribution in [0.1, 0.15) is 74.6 Å². The van der Waals surface area contributed by atoms with E-state index in [0.717, 1.165) is 43.7 Å². The average Bonchev–Trinajstić information content (AvgIpc) is 2.98. The van der Waals surface area contributed by atoms with Gasteiger partial charge < -0.3 is 24.6 Å². The van der Waals surface area contributed by atoms with Gasteiger partial charge in [-0.1, -0.05) is 6.92 Å². The fourth-order valence-corrected chi connectivity index (χ4v) is 5.81. The second-order valence-electron chi connectivity index (χ2n) is 10.8. The Morgan fingerprint density at radius 2 is 1.98 bits per heavy atom. The topological polar surface area (TPSA) is 104 Å². The van der Waals surface area contributed by atoms with Crippen molar-refractivity contribution in [3.8, 4) is 11.5 Å². The molecule has 1 aromatic heterocycles. The number of aromatic nitrogens is 1. The first-order valence-corrected chi connectivity index (χ1v) is 14.6. The van der Waals surface area contributed by atoms with Crippen molar-refractivity contribution >= 4 is 18.1 Å². The van der Waals surface area contributed by atoms with E-state index < -0.39 is 12.0 Å². The molecule has 0 aliphatic carbocycles. The molecule has 0 spiro atoms. The molecule has 4 heterocycles. The van der Waals surface area contributed by atoms with Crippen LogP contribution in [0.2, 0.25) is 0 Å². The van der Waals surface area contributed by atoms with E-state index in [0.29, 0.717) is 25.5 Å². The lowest BCUT2D eigenvalue weighted by Gasteiger charge is -2.37. The maximum absolute atomic E-state index is 14.2. The number of hydrogen-bond donors (Lipinski definition) is 2. The minimum Gasteiger partial charge on any atom is -0.490 e. The number of benzene rings is 1. The summed E-state index contributed by atoms with van der Waals surface area (Å²) in [4.78, 5) is 26.3. The predicted molar refractivity (Wildman–Crippen MR) is 156 cm³/mol. The number of hydrogen-bond acceptors (Lipinski definition) is 9. The summed E-state index contributed by atoms with van der Waals surface area (Å²) in [5.41, 5.74) is 5.46. The third kappa shape index (κ3) is 6.29. The number of hydrazone groups is 1. The SMILES string of the molecule is CCC1NCCc2nccc(OC3CCN(C4=NC=NNC4Oc4ccc(F)cc4C(=O)N(CC)C(C)C)CC3)c21. The molecule has 3 aliphatic heterocycles. The highest BCUT2D eigenvalue weighted by atomic mass is 19.1. The van der Waals surface area contributed by atoms with Crippen LogP contribution in [0.3, 0.4) is 0 Å². The lowest BCUT2D eigenvalue weighted by atomic mass is 9.96. The number of nitrogens with zero attached hydrogens (tertiary/aromatic N) is 5. The van der Waals surface area contributed by atoms with Gasteiger partial charge in [-0.25, -0.2) is 9.38 Å². The smallest absolute Gasteiger partial charge is 0.257 e. The van der Waals surface area contributed by atoms with E-state index in [1.807, 2.05) is 33.0 Å². The Hall–Kier alpha value is -3.73. The molecule has 11 heteroatoms. The summed E-state index contributed by atoms with van der Waals surface area (Å²) in [5.74, 6) is 1.08. The number of ether oxygens (including phenoxy) is 2. The van der Waals surface area contributed by atoms with E-state index in [1.165, 1.54) is 30.1 Å². The number of amidine groups is 1. The molecule has 10 nitrogen and oxygen atoms in total. The molecular weight excluding hydrogens is 525 g/mol. The molecule has 41 heavy (non-hydrogen) atoms. The number of amides is 1. The van der Waals surface area contributed by atoms with Crippen molar-refractivity contribution in [2.45, 2.75) is 77.8 Å². The number of carbonyl (C=O) groups excluding carboxylic acids is 1. The van der Waals surface area contributed by atoms with Crippen molar-refractivity contribution in [3.05, 3.63) is 53.1 Å². The van der Waals surface area contributed by atoms with Gasteiger partial charge in [0.25, 0.3) is 5.91 Å². The minimum atomic E-state index is -0.729. The molecule has 220 valence electrons. The number of rotatable bonds is 8. The molecule has 2 N–H and O–H groups in total. The second kappa shape index (κ2) is 12.8. The zero-order valence-electron chi connectivity index (χ0n) is 24.3. The van der Waals surface area contributed by atoms with Gasteiger partial charge in [0.15, 0.2) is 5.84 Å². The van der Waals surface area contributed by atoms with Gasteiger partial charge in [-0.15, -0.1) is 0 Å². The minimum absolute atomic E-state index is 0.0385. The molecule has 2 aromatic rings. The second-order valence-corrected chi connectivity index (χ2v) is 10.8. The van der Waals surface area contributed by atoms with Gasteiger partial charge in [-0.2, -0.15) is 5.10 Å². The number of likely N-dealkylation sites (tertiary alicyclic amines) is 1. The lowest BCUT2D eigenvalue weighted by molar-refractivity contribution is 0.0708. The number of piperidine rings is 1. The molecule has 2 atom stereocenters. The summed E-state index contributed by atoms with van der Waals surface area (Å²) in [6, 6.07) is 6.21. The fourth-order valence-electron chi connectivity index (χ4n) is 5.81. The van der Waals surface area contributed by atoms with E-state index >= 15 is 0 Å². The maximum atomic E-state index is 14.2. The van der Waals surface area contributed by atoms with Crippen molar-refractivity contribution in [1.82, 2.24) is 25.5 Å². The first kappa shape index (κ1) is 28.8. The lowest BCUT2D eigenvalue weighted by Crippen LogP contribution is -2.53. The van der Waals surface area contributed by atoms with Crippen LogP contribution in [-0.2, 0) is 6.42 Å². The highest BCUT2D eigenvalue weighted by Gasteiger charge is 2.32. The Morgan fingerprint density at radius 3 is 2.71 bits per heavy atom. The predicted octanol–water partition coefficient (Wildman–Crippen LogP) is 3.88. The molecule has 1 amide bonds. The van der Waals surface area contributed by atoms with Gasteiger partial charge in [0.1, 0.15) is 29.8 Å². The van der Waals surface area contributed by atoms with Gasteiger partial charge in [0.2, 0.25) is 6.23 Å². The molecular formula is C30H40FN7O3. The molecule has 3 aliphatic rings. The molecule has 5 rings (SSSR count). The van der Waals surface area contributed by atoms with Crippen LogP contribution in [0, 0.1) is 5.82 Å². The van der Waals surface area contributed by atoms with Crippen molar-refractivity contribution in [2.24, 2.45) is 10.1 Å². The highest BCUT2D eigenvalue weighted by Crippen LogP contribution is 2.34. The number of aliphatic imine (C=N–C) groups is 1. The Bertz CT molecular complexity index is 1290. The largest absolute Gasteiger partial charge is 0.490 e. The number of fused-ring (bicyclic) bond motifs is 1. The normalized spacial score (nSPS) is 20.7. The van der Waals surface area contributed by atoms with Crippen LogP contribution in [0.5, 0.6) is 11.5 Å². The summed E-state index contributed by atoms with van der Waals surface area (Å²) in [6.07, 6.45) is 6.15. The zero-order chi connectivity index (χ0) is 28.9. The molecule has 0 saturated carbocycles. The molecule has 0 bridgehead atoms. The van der Waals surface area contributed by atoms with Crippen molar-refractivity contribution < 1.29 is 18.7 Å². The van der Waals surface area contributed by atoms with E-state index in [1.54, 1.807) is 4.90 Å². The quantitative estimate of drug-likeness (QED) is 0.501. The van der Waals surface area contributed by atoms with E-state index in [-0.39, 0.29) is 35.4 Å². The van der Waals surface area contributed by atoms with Gasteiger partial charge >= 0.3 is 0 Å². The highest BCUT2D eigenvalue weighted by molar-refractivity contribution is 5.98. The standard InChI is InChI=1S/C30H40FN7O3/c1-5-23-27-24(9-13-32-23)33-14-10-26(27)40-21-11-15-37(16-12-21)28-29(36-35-18-34-28)41-25-8-7-20(31)17-22(25)30(39)38(6-2)19(3)4/h7-8,10,14,17-19,21,23,29,32,36H,5-6,9,11-13,15-16H2,1-4H3. The van der Waals surface area contributed by atoms with Gasteiger partial charge in [-0.05, 0) is 51.5 Å². The third-order valence-corrected chi connectivity index (χ3v) is 7.92. The fraction of sp³-hybridized carbons (Fsp3) is 0.533. The Labute approximate surface area is 241 Å². The van der Waals surface area contributed by atoms with Crippen molar-refractivity contribution in [3.63, 3.8) is 0 Å². The number of pyridine rings is 1. The van der Waals surface area contributed by atoms with Crippen LogP contribution in [0.15, 0.2) is 40.6 Å². The molecule has 2 unspecified atom stereocenters. The van der Waals surface area contributed by atoms with E-state index in [4.69, 9.17) is 9.47 Å². The van der Waals surface area contributed by atoms with Crippen LogP contribution in [0.4, 0.5) is 4.39 Å². The van der Waals surface area contributed by atoms with Crippen LogP contribution in [0.25, 0.3) is 0 Å². The van der Waals surface area contributed by atoms with E-state index in [2.05, 4.69) is 37.6 Å². The summed E-state index contributed by atoms with van der Waals surface area (Å²) >= 11 is 0. The van der Waals surface area contributed by atoms with Gasteiger partial charge in [0.05, 0.1) is 11.3 Å². The Morgan fingerprint density at radius 1 is 1.17 bits per heavy atom. The summed E-state index contributed by atoms with van der Waals surface area (Å²) in [7, 11) is 0. The number of carbonyl (C=O) groups is 1. The molecule has 1 aromatic carbocycles. The summed E-state index contributed by atoms with van der Waals surface area (Å²) < 4.78 is 27.0. The van der Waals surface area contributed by atoms with Crippen LogP contribution in [-0.4, -0.2) is 77.4 Å². The first-order valence-electron chi connectivity index (χ1n) is 14.6. The number of halogens is 1. The summed E-state index contributed by atoms with van der Waals surface area (Å²) in [5, 5.41) is 7.66. The van der Waals surface area contributed by atoms with E-state index in [9.17, 15) is 9.18 Å².